The van der Waals surface area contributed by atoms with E-state index >= 15 is 0 Å². The minimum Gasteiger partial charge on any atom is -0.359 e. The molecule has 2 atom stereocenters. The second-order valence-electron chi connectivity index (χ2n) is 4.37. The molecule has 0 spiro atoms. The number of halogens is 2. The highest BCUT2D eigenvalue weighted by atomic mass is 19.1. The van der Waals surface area contributed by atoms with E-state index in [1.807, 2.05) is 6.92 Å². The fraction of sp³-hybridized carbons (Fsp3) is 0.333. The first-order valence-corrected chi connectivity index (χ1v) is 5.57. The molecule has 1 aliphatic rings. The van der Waals surface area contributed by atoms with Gasteiger partial charge in [-0.15, -0.1) is 0 Å². The van der Waals surface area contributed by atoms with Crippen LogP contribution in [0.15, 0.2) is 30.9 Å². The summed E-state index contributed by atoms with van der Waals surface area (Å²) in [6.45, 7) is 2.13. The van der Waals surface area contributed by atoms with Crippen LogP contribution >= 0.6 is 0 Å². The second kappa shape index (κ2) is 3.84. The lowest BCUT2D eigenvalue weighted by Crippen LogP contribution is -2.22. The first kappa shape index (κ1) is 11.3. The average molecular weight is 251 g/mol. The summed E-state index contributed by atoms with van der Waals surface area (Å²) in [5.74, 6) is -0.951. The molecule has 4 nitrogen and oxygen atoms in total. The van der Waals surface area contributed by atoms with Crippen molar-refractivity contribution in [2.75, 3.05) is 0 Å². The van der Waals surface area contributed by atoms with Crippen LogP contribution in [0, 0.1) is 11.6 Å². The van der Waals surface area contributed by atoms with Crippen molar-refractivity contribution in [3.05, 3.63) is 48.1 Å². The molecule has 0 radical (unpaired) electrons. The molecule has 0 amide bonds. The van der Waals surface area contributed by atoms with Gasteiger partial charge in [-0.3, -0.25) is 0 Å². The van der Waals surface area contributed by atoms with E-state index in [-0.39, 0.29) is 11.7 Å². The van der Waals surface area contributed by atoms with Gasteiger partial charge in [0.1, 0.15) is 29.9 Å². The van der Waals surface area contributed by atoms with Crippen LogP contribution in [-0.2, 0) is 16.9 Å². The molecule has 0 aliphatic carbocycles. The van der Waals surface area contributed by atoms with Crippen LogP contribution in [0.4, 0.5) is 8.78 Å². The maximum atomic E-state index is 13.8. The van der Waals surface area contributed by atoms with Crippen molar-refractivity contribution in [1.82, 2.24) is 14.8 Å². The van der Waals surface area contributed by atoms with Gasteiger partial charge in [-0.1, -0.05) is 0 Å². The SMILES string of the molecule is C[C@H]1O[C@@]1(Cn1cncn1)c1cc(F)ccc1F. The van der Waals surface area contributed by atoms with E-state index in [1.54, 1.807) is 4.68 Å². The predicted molar refractivity (Wildman–Crippen MR) is 58.6 cm³/mol. The molecular formula is C12H11F2N3O. The third kappa shape index (κ3) is 1.69. The van der Waals surface area contributed by atoms with Gasteiger partial charge < -0.3 is 4.74 Å². The summed E-state index contributed by atoms with van der Waals surface area (Å²) in [6, 6.07) is 3.38. The monoisotopic (exact) mass is 251 g/mol. The molecule has 1 saturated heterocycles. The molecular weight excluding hydrogens is 240 g/mol. The fourth-order valence-corrected chi connectivity index (χ4v) is 2.19. The standard InChI is InChI=1S/C12H11F2N3O/c1-8-12(18-8,5-17-7-15-6-16-17)10-4-9(13)2-3-11(10)14/h2-4,6-8H,5H2,1H3/t8-,12-/m1/s1. The zero-order chi connectivity index (χ0) is 12.8. The Hall–Kier alpha value is -1.82. The predicted octanol–water partition coefficient (Wildman–Crippen LogP) is 1.87. The number of nitrogens with zero attached hydrogens (tertiary/aromatic N) is 3. The van der Waals surface area contributed by atoms with Gasteiger partial charge in [0.15, 0.2) is 0 Å². The smallest absolute Gasteiger partial charge is 0.142 e. The van der Waals surface area contributed by atoms with Gasteiger partial charge >= 0.3 is 0 Å². The number of rotatable bonds is 3. The van der Waals surface area contributed by atoms with Gasteiger partial charge in [-0.25, -0.2) is 18.4 Å². The van der Waals surface area contributed by atoms with Gasteiger partial charge in [-0.05, 0) is 25.1 Å². The Balaban J connectivity index is 1.99. The van der Waals surface area contributed by atoms with Crippen molar-refractivity contribution in [3.63, 3.8) is 0 Å². The average Bonchev–Trinajstić information content (AvgIpc) is 2.77. The molecule has 2 heterocycles. The molecule has 0 N–H and O–H groups in total. The summed E-state index contributed by atoms with van der Waals surface area (Å²) in [7, 11) is 0. The summed E-state index contributed by atoms with van der Waals surface area (Å²) in [5, 5.41) is 3.96. The van der Waals surface area contributed by atoms with Crippen molar-refractivity contribution >= 4 is 0 Å². The van der Waals surface area contributed by atoms with E-state index < -0.39 is 17.2 Å². The molecule has 6 heteroatoms. The van der Waals surface area contributed by atoms with Crippen molar-refractivity contribution in [2.24, 2.45) is 0 Å². The number of hydrogen-bond donors (Lipinski definition) is 0. The van der Waals surface area contributed by atoms with Crippen LogP contribution in [-0.4, -0.2) is 20.9 Å². The van der Waals surface area contributed by atoms with Crippen molar-refractivity contribution < 1.29 is 13.5 Å². The number of hydrogen-bond acceptors (Lipinski definition) is 3. The van der Waals surface area contributed by atoms with Crippen molar-refractivity contribution in [1.29, 1.82) is 0 Å². The largest absolute Gasteiger partial charge is 0.359 e. The maximum Gasteiger partial charge on any atom is 0.142 e. The normalized spacial score (nSPS) is 26.3. The van der Waals surface area contributed by atoms with Crippen LogP contribution in [0.3, 0.4) is 0 Å². The summed E-state index contributed by atoms with van der Waals surface area (Å²) >= 11 is 0. The highest BCUT2D eigenvalue weighted by Crippen LogP contribution is 2.48. The van der Waals surface area contributed by atoms with Gasteiger partial charge in [0, 0.05) is 5.56 Å². The second-order valence-corrected chi connectivity index (χ2v) is 4.37. The van der Waals surface area contributed by atoms with E-state index in [0.29, 0.717) is 6.54 Å². The summed E-state index contributed by atoms with van der Waals surface area (Å²) in [4.78, 5) is 3.82. The third-order valence-corrected chi connectivity index (χ3v) is 3.23. The Morgan fingerprint density at radius 3 is 2.83 bits per heavy atom. The van der Waals surface area contributed by atoms with Gasteiger partial charge in [0.05, 0.1) is 12.6 Å². The molecule has 0 unspecified atom stereocenters. The van der Waals surface area contributed by atoms with Crippen molar-refractivity contribution in [3.8, 4) is 0 Å². The van der Waals surface area contributed by atoms with E-state index in [0.717, 1.165) is 12.1 Å². The first-order valence-electron chi connectivity index (χ1n) is 5.57. The molecule has 1 aromatic heterocycles. The Morgan fingerprint density at radius 2 is 2.22 bits per heavy atom. The Morgan fingerprint density at radius 1 is 1.44 bits per heavy atom. The highest BCUT2D eigenvalue weighted by molar-refractivity contribution is 5.31. The topological polar surface area (TPSA) is 43.2 Å². The quantitative estimate of drug-likeness (QED) is 0.782. The Bertz CT molecular complexity index is 573. The molecule has 3 rings (SSSR count). The van der Waals surface area contributed by atoms with E-state index in [1.165, 1.54) is 18.7 Å². The van der Waals surface area contributed by atoms with Gasteiger partial charge in [-0.2, -0.15) is 5.10 Å². The maximum absolute atomic E-state index is 13.8. The molecule has 2 aromatic rings. The zero-order valence-electron chi connectivity index (χ0n) is 9.68. The van der Waals surface area contributed by atoms with E-state index in [4.69, 9.17) is 4.74 Å². The Kier molecular flexibility index (Phi) is 2.41. The molecule has 1 fully saturated rings. The van der Waals surface area contributed by atoms with Crippen LogP contribution in [0.2, 0.25) is 0 Å². The summed E-state index contributed by atoms with van der Waals surface area (Å²) in [6.07, 6.45) is 2.73. The Labute approximate surface area is 102 Å². The molecule has 0 saturated carbocycles. The lowest BCUT2D eigenvalue weighted by atomic mass is 9.95. The van der Waals surface area contributed by atoms with Crippen LogP contribution < -0.4 is 0 Å². The summed E-state index contributed by atoms with van der Waals surface area (Å²) in [5.41, 5.74) is -0.620. The lowest BCUT2D eigenvalue weighted by Gasteiger charge is -2.14. The van der Waals surface area contributed by atoms with Gasteiger partial charge in [0.2, 0.25) is 0 Å². The minimum absolute atomic E-state index is 0.182. The molecule has 0 bridgehead atoms. The number of epoxide rings is 1. The lowest BCUT2D eigenvalue weighted by molar-refractivity contribution is 0.257. The number of benzene rings is 1. The molecule has 94 valence electrons. The molecule has 1 aliphatic heterocycles. The minimum atomic E-state index is -0.847. The van der Waals surface area contributed by atoms with Crippen LogP contribution in [0.25, 0.3) is 0 Å². The number of ether oxygens (including phenoxy) is 1. The van der Waals surface area contributed by atoms with Crippen molar-refractivity contribution in [2.45, 2.75) is 25.2 Å². The summed E-state index contributed by atoms with van der Waals surface area (Å²) < 4.78 is 34.1. The molecule has 1 aromatic carbocycles. The van der Waals surface area contributed by atoms with Gasteiger partial charge in [0.25, 0.3) is 0 Å². The van der Waals surface area contributed by atoms with E-state index in [2.05, 4.69) is 10.1 Å². The third-order valence-electron chi connectivity index (χ3n) is 3.23. The van der Waals surface area contributed by atoms with Crippen LogP contribution in [0.5, 0.6) is 0 Å². The number of aromatic nitrogens is 3. The molecule has 18 heavy (non-hydrogen) atoms. The highest BCUT2D eigenvalue weighted by Gasteiger charge is 2.56. The fourth-order valence-electron chi connectivity index (χ4n) is 2.19. The van der Waals surface area contributed by atoms with Crippen LogP contribution in [0.1, 0.15) is 12.5 Å². The first-order chi connectivity index (χ1) is 8.62. The van der Waals surface area contributed by atoms with E-state index in [9.17, 15) is 8.78 Å². The zero-order valence-corrected chi connectivity index (χ0v) is 9.68.